The standard InChI is InChI=1S/C10H11NO3/c1-6(2)10(13)14-9-7(3)4-8(12)5-11-9/h4-5,12H,1H2,2-3H3. The molecule has 1 rings (SSSR count). The Kier molecular flexibility index (Phi) is 2.86. The van der Waals surface area contributed by atoms with Crippen molar-refractivity contribution in [2.45, 2.75) is 13.8 Å². The van der Waals surface area contributed by atoms with Crippen LogP contribution in [0.5, 0.6) is 11.6 Å². The number of carbonyl (C=O) groups is 1. The summed E-state index contributed by atoms with van der Waals surface area (Å²) in [6.45, 7) is 6.69. The lowest BCUT2D eigenvalue weighted by Crippen LogP contribution is -2.10. The zero-order chi connectivity index (χ0) is 10.7. The topological polar surface area (TPSA) is 59.4 Å². The molecule has 0 saturated carbocycles. The number of nitrogens with zero attached hydrogens (tertiary/aromatic N) is 1. The van der Waals surface area contributed by atoms with E-state index in [4.69, 9.17) is 9.84 Å². The molecular formula is C10H11NO3. The summed E-state index contributed by atoms with van der Waals surface area (Å²) in [4.78, 5) is 14.9. The molecule has 74 valence electrons. The zero-order valence-electron chi connectivity index (χ0n) is 8.07. The summed E-state index contributed by atoms with van der Waals surface area (Å²) in [6.07, 6.45) is 1.22. The van der Waals surface area contributed by atoms with E-state index in [0.717, 1.165) is 0 Å². The minimum Gasteiger partial charge on any atom is -0.506 e. The lowest BCUT2D eigenvalue weighted by Gasteiger charge is -2.05. The van der Waals surface area contributed by atoms with E-state index < -0.39 is 5.97 Å². The fourth-order valence-electron chi connectivity index (χ4n) is 0.829. The molecule has 1 aromatic rings. The van der Waals surface area contributed by atoms with E-state index in [1.54, 1.807) is 13.8 Å². The van der Waals surface area contributed by atoms with Crippen LogP contribution in [0.4, 0.5) is 0 Å². The summed E-state index contributed by atoms with van der Waals surface area (Å²) in [6, 6.07) is 1.47. The number of ether oxygens (including phenoxy) is 1. The van der Waals surface area contributed by atoms with Crippen molar-refractivity contribution in [3.8, 4) is 11.6 Å². The van der Waals surface area contributed by atoms with Crippen LogP contribution in [0.15, 0.2) is 24.4 Å². The van der Waals surface area contributed by atoms with E-state index in [0.29, 0.717) is 11.1 Å². The zero-order valence-corrected chi connectivity index (χ0v) is 8.07. The Hall–Kier alpha value is -1.84. The fourth-order valence-corrected chi connectivity index (χ4v) is 0.829. The van der Waals surface area contributed by atoms with Crippen molar-refractivity contribution >= 4 is 5.97 Å². The summed E-state index contributed by atoms with van der Waals surface area (Å²) in [5.41, 5.74) is 0.902. The molecule has 0 radical (unpaired) electrons. The number of carbonyl (C=O) groups excluding carboxylic acids is 1. The van der Waals surface area contributed by atoms with Gasteiger partial charge >= 0.3 is 5.97 Å². The summed E-state index contributed by atoms with van der Waals surface area (Å²) in [7, 11) is 0. The first-order chi connectivity index (χ1) is 6.50. The molecule has 0 amide bonds. The molecule has 0 bridgehead atoms. The van der Waals surface area contributed by atoms with E-state index >= 15 is 0 Å². The highest BCUT2D eigenvalue weighted by molar-refractivity contribution is 5.88. The SMILES string of the molecule is C=C(C)C(=O)Oc1ncc(O)cc1C. The third-order valence-electron chi connectivity index (χ3n) is 1.55. The molecule has 0 unspecified atom stereocenters. The van der Waals surface area contributed by atoms with Crippen LogP contribution in [-0.4, -0.2) is 16.1 Å². The second kappa shape index (κ2) is 3.91. The van der Waals surface area contributed by atoms with Gasteiger partial charge in [-0.25, -0.2) is 9.78 Å². The minimum atomic E-state index is -0.522. The lowest BCUT2D eigenvalue weighted by molar-refractivity contribution is -0.130. The molecule has 1 aromatic heterocycles. The summed E-state index contributed by atoms with van der Waals surface area (Å²) < 4.78 is 4.90. The molecule has 0 aromatic carbocycles. The average molecular weight is 193 g/mol. The van der Waals surface area contributed by atoms with Gasteiger partial charge in [0.25, 0.3) is 0 Å². The van der Waals surface area contributed by atoms with Crippen LogP contribution in [-0.2, 0) is 4.79 Å². The predicted molar refractivity (Wildman–Crippen MR) is 51.1 cm³/mol. The highest BCUT2D eigenvalue weighted by Crippen LogP contribution is 2.19. The van der Waals surface area contributed by atoms with E-state index in [9.17, 15) is 4.79 Å². The minimum absolute atomic E-state index is 0.0395. The quantitative estimate of drug-likeness (QED) is 0.572. The van der Waals surface area contributed by atoms with Gasteiger partial charge in [0.05, 0.1) is 6.20 Å². The molecule has 14 heavy (non-hydrogen) atoms. The van der Waals surface area contributed by atoms with Crippen LogP contribution in [0.1, 0.15) is 12.5 Å². The number of esters is 1. The maximum absolute atomic E-state index is 11.1. The molecule has 0 spiro atoms. The van der Waals surface area contributed by atoms with Crippen LogP contribution >= 0.6 is 0 Å². The van der Waals surface area contributed by atoms with E-state index in [1.165, 1.54) is 12.3 Å². The molecule has 4 heteroatoms. The lowest BCUT2D eigenvalue weighted by atomic mass is 10.3. The summed E-state index contributed by atoms with van der Waals surface area (Å²) in [5, 5.41) is 9.06. The van der Waals surface area contributed by atoms with E-state index in [2.05, 4.69) is 11.6 Å². The van der Waals surface area contributed by atoms with Gasteiger partial charge in [-0.15, -0.1) is 0 Å². The monoisotopic (exact) mass is 193 g/mol. The number of hydrogen-bond acceptors (Lipinski definition) is 4. The third kappa shape index (κ3) is 2.32. The van der Waals surface area contributed by atoms with Crippen LogP contribution in [0.2, 0.25) is 0 Å². The number of aryl methyl sites for hydroxylation is 1. The first kappa shape index (κ1) is 10.2. The predicted octanol–water partition coefficient (Wildman–Crippen LogP) is 1.58. The van der Waals surface area contributed by atoms with Crippen molar-refractivity contribution < 1.29 is 14.6 Å². The van der Waals surface area contributed by atoms with Crippen molar-refractivity contribution in [2.75, 3.05) is 0 Å². The average Bonchev–Trinajstić information content (AvgIpc) is 2.09. The van der Waals surface area contributed by atoms with Gasteiger partial charge in [-0.05, 0) is 19.9 Å². The largest absolute Gasteiger partial charge is 0.506 e. The Balaban J connectivity index is 2.87. The van der Waals surface area contributed by atoms with Gasteiger partial charge in [0, 0.05) is 11.1 Å². The molecule has 1 N–H and O–H groups in total. The molecule has 0 aliphatic carbocycles. The second-order valence-electron chi connectivity index (χ2n) is 2.99. The van der Waals surface area contributed by atoms with Gasteiger partial charge < -0.3 is 9.84 Å². The molecule has 1 heterocycles. The second-order valence-corrected chi connectivity index (χ2v) is 2.99. The van der Waals surface area contributed by atoms with Gasteiger partial charge in [-0.3, -0.25) is 0 Å². The molecular weight excluding hydrogens is 182 g/mol. The van der Waals surface area contributed by atoms with Crippen LogP contribution < -0.4 is 4.74 Å². The number of rotatable bonds is 2. The third-order valence-corrected chi connectivity index (χ3v) is 1.55. The molecule has 0 aliphatic rings. The Bertz CT molecular complexity index is 385. The smallest absolute Gasteiger partial charge is 0.339 e. The van der Waals surface area contributed by atoms with Gasteiger partial charge in [-0.2, -0.15) is 0 Å². The summed E-state index contributed by atoms with van der Waals surface area (Å²) in [5.74, 6) is -0.292. The van der Waals surface area contributed by atoms with Crippen LogP contribution in [0.25, 0.3) is 0 Å². The van der Waals surface area contributed by atoms with E-state index in [1.807, 2.05) is 0 Å². The Morgan fingerprint density at radius 1 is 1.64 bits per heavy atom. The first-order valence-corrected chi connectivity index (χ1v) is 4.04. The number of aromatic nitrogens is 1. The maximum atomic E-state index is 11.1. The Morgan fingerprint density at radius 3 is 2.79 bits per heavy atom. The van der Waals surface area contributed by atoms with Crippen molar-refractivity contribution in [3.05, 3.63) is 30.0 Å². The number of aromatic hydroxyl groups is 1. The van der Waals surface area contributed by atoms with Crippen molar-refractivity contribution in [1.82, 2.24) is 4.98 Å². The molecule has 0 aliphatic heterocycles. The highest BCUT2D eigenvalue weighted by atomic mass is 16.5. The number of pyridine rings is 1. The Labute approximate surface area is 81.9 Å². The normalized spacial score (nSPS) is 9.57. The van der Waals surface area contributed by atoms with Gasteiger partial charge in [0.2, 0.25) is 5.88 Å². The van der Waals surface area contributed by atoms with Crippen LogP contribution in [0.3, 0.4) is 0 Å². The van der Waals surface area contributed by atoms with Crippen molar-refractivity contribution in [2.24, 2.45) is 0 Å². The van der Waals surface area contributed by atoms with Gasteiger partial charge in [0.15, 0.2) is 0 Å². The van der Waals surface area contributed by atoms with Gasteiger partial charge in [-0.1, -0.05) is 6.58 Å². The van der Waals surface area contributed by atoms with Gasteiger partial charge in [0.1, 0.15) is 5.75 Å². The van der Waals surface area contributed by atoms with Crippen molar-refractivity contribution in [3.63, 3.8) is 0 Å². The molecule has 0 atom stereocenters. The van der Waals surface area contributed by atoms with Crippen molar-refractivity contribution in [1.29, 1.82) is 0 Å². The summed E-state index contributed by atoms with van der Waals surface area (Å²) >= 11 is 0. The maximum Gasteiger partial charge on any atom is 0.339 e. The van der Waals surface area contributed by atoms with Crippen LogP contribution in [0, 0.1) is 6.92 Å². The fraction of sp³-hybridized carbons (Fsp3) is 0.200. The highest BCUT2D eigenvalue weighted by Gasteiger charge is 2.09. The first-order valence-electron chi connectivity index (χ1n) is 4.04. The Morgan fingerprint density at radius 2 is 2.29 bits per heavy atom. The number of hydrogen-bond donors (Lipinski definition) is 1. The molecule has 0 saturated heterocycles. The molecule has 0 fully saturated rings. The molecule has 4 nitrogen and oxygen atoms in total. The van der Waals surface area contributed by atoms with E-state index in [-0.39, 0.29) is 11.6 Å².